The first-order valence-corrected chi connectivity index (χ1v) is 6.18. The molecule has 0 spiro atoms. The topological polar surface area (TPSA) is 41.6 Å². The molecule has 0 aromatic carbocycles. The molecule has 1 saturated heterocycles. The van der Waals surface area contributed by atoms with Gasteiger partial charge in [0.1, 0.15) is 0 Å². The standard InChI is InChI=1S/C12H24N2O2/c1-13-12(15)4-3-11-5-7-14(8-6-11)9-10-16-2/h11H,3-10H2,1-2H3,(H,13,15). The van der Waals surface area contributed by atoms with Crippen LogP contribution >= 0.6 is 0 Å². The van der Waals surface area contributed by atoms with E-state index in [1.165, 1.54) is 12.8 Å². The lowest BCUT2D eigenvalue weighted by Gasteiger charge is -2.31. The third-order valence-electron chi connectivity index (χ3n) is 3.38. The maximum Gasteiger partial charge on any atom is 0.219 e. The summed E-state index contributed by atoms with van der Waals surface area (Å²) in [4.78, 5) is 13.6. The first-order valence-electron chi connectivity index (χ1n) is 6.18. The zero-order chi connectivity index (χ0) is 11.8. The lowest BCUT2D eigenvalue weighted by Crippen LogP contribution is -2.36. The number of rotatable bonds is 6. The minimum absolute atomic E-state index is 0.168. The van der Waals surface area contributed by atoms with Crippen LogP contribution in [0.3, 0.4) is 0 Å². The summed E-state index contributed by atoms with van der Waals surface area (Å²) in [5.74, 6) is 0.901. The zero-order valence-corrected chi connectivity index (χ0v) is 10.5. The molecule has 0 radical (unpaired) electrons. The largest absolute Gasteiger partial charge is 0.383 e. The van der Waals surface area contributed by atoms with Crippen LogP contribution in [0.1, 0.15) is 25.7 Å². The van der Waals surface area contributed by atoms with E-state index in [-0.39, 0.29) is 5.91 Å². The Morgan fingerprint density at radius 1 is 1.44 bits per heavy atom. The van der Waals surface area contributed by atoms with Gasteiger partial charge in [-0.1, -0.05) is 0 Å². The van der Waals surface area contributed by atoms with Gasteiger partial charge in [0, 0.05) is 27.1 Å². The SMILES string of the molecule is CNC(=O)CCC1CCN(CCOC)CC1. The van der Waals surface area contributed by atoms with Crippen molar-refractivity contribution >= 4 is 5.91 Å². The second-order valence-corrected chi connectivity index (χ2v) is 4.49. The number of likely N-dealkylation sites (tertiary alicyclic amines) is 1. The fourth-order valence-electron chi connectivity index (χ4n) is 2.18. The van der Waals surface area contributed by atoms with Crippen LogP contribution in [0.5, 0.6) is 0 Å². The number of carbonyl (C=O) groups excluding carboxylic acids is 1. The highest BCUT2D eigenvalue weighted by Crippen LogP contribution is 2.21. The first kappa shape index (κ1) is 13.5. The van der Waals surface area contributed by atoms with Crippen molar-refractivity contribution < 1.29 is 9.53 Å². The van der Waals surface area contributed by atoms with E-state index in [1.54, 1.807) is 14.2 Å². The lowest BCUT2D eigenvalue weighted by atomic mass is 9.92. The van der Waals surface area contributed by atoms with E-state index in [0.29, 0.717) is 6.42 Å². The molecule has 0 aromatic rings. The van der Waals surface area contributed by atoms with Gasteiger partial charge in [0.05, 0.1) is 6.61 Å². The van der Waals surface area contributed by atoms with Crippen molar-refractivity contribution in [3.63, 3.8) is 0 Å². The van der Waals surface area contributed by atoms with Crippen molar-refractivity contribution in [1.29, 1.82) is 0 Å². The van der Waals surface area contributed by atoms with Crippen LogP contribution in [0.25, 0.3) is 0 Å². The monoisotopic (exact) mass is 228 g/mol. The summed E-state index contributed by atoms with van der Waals surface area (Å²) < 4.78 is 5.07. The molecule has 1 heterocycles. The predicted molar refractivity (Wildman–Crippen MR) is 64.3 cm³/mol. The van der Waals surface area contributed by atoms with E-state index >= 15 is 0 Å². The molecule has 4 nitrogen and oxygen atoms in total. The van der Waals surface area contributed by atoms with Crippen molar-refractivity contribution in [2.45, 2.75) is 25.7 Å². The number of ether oxygens (including phenoxy) is 1. The highest BCUT2D eigenvalue weighted by atomic mass is 16.5. The summed E-state index contributed by atoms with van der Waals surface area (Å²) in [6, 6.07) is 0. The molecule has 0 aliphatic carbocycles. The van der Waals surface area contributed by atoms with Crippen LogP contribution < -0.4 is 5.32 Å². The number of methoxy groups -OCH3 is 1. The van der Waals surface area contributed by atoms with Gasteiger partial charge >= 0.3 is 0 Å². The highest BCUT2D eigenvalue weighted by Gasteiger charge is 2.19. The Morgan fingerprint density at radius 3 is 2.69 bits per heavy atom. The Labute approximate surface area is 98.3 Å². The van der Waals surface area contributed by atoms with Crippen LogP contribution in [0, 0.1) is 5.92 Å². The molecule has 1 amide bonds. The zero-order valence-electron chi connectivity index (χ0n) is 10.5. The van der Waals surface area contributed by atoms with E-state index in [1.807, 2.05) is 0 Å². The molecular weight excluding hydrogens is 204 g/mol. The molecule has 0 aromatic heterocycles. The molecular formula is C12H24N2O2. The normalized spacial score (nSPS) is 18.6. The third-order valence-corrected chi connectivity index (χ3v) is 3.38. The smallest absolute Gasteiger partial charge is 0.219 e. The molecule has 1 fully saturated rings. The average molecular weight is 228 g/mol. The number of piperidine rings is 1. The van der Waals surface area contributed by atoms with E-state index in [9.17, 15) is 4.79 Å². The molecule has 4 heteroatoms. The number of hydrogen-bond acceptors (Lipinski definition) is 3. The van der Waals surface area contributed by atoms with Gasteiger partial charge in [0.2, 0.25) is 5.91 Å². The van der Waals surface area contributed by atoms with Gasteiger partial charge < -0.3 is 15.0 Å². The second-order valence-electron chi connectivity index (χ2n) is 4.49. The fourth-order valence-corrected chi connectivity index (χ4v) is 2.18. The molecule has 94 valence electrons. The molecule has 0 bridgehead atoms. The van der Waals surface area contributed by atoms with Crippen LogP contribution in [0.2, 0.25) is 0 Å². The number of nitrogens with zero attached hydrogens (tertiary/aromatic N) is 1. The summed E-state index contributed by atoms with van der Waals surface area (Å²) in [5, 5.41) is 2.68. The molecule has 0 saturated carbocycles. The van der Waals surface area contributed by atoms with Crippen LogP contribution in [-0.4, -0.2) is 51.2 Å². The Morgan fingerprint density at radius 2 is 2.12 bits per heavy atom. The van der Waals surface area contributed by atoms with Crippen molar-refractivity contribution in [3.8, 4) is 0 Å². The minimum atomic E-state index is 0.168. The quantitative estimate of drug-likeness (QED) is 0.733. The summed E-state index contributed by atoms with van der Waals surface area (Å²) in [6.45, 7) is 4.17. The maximum atomic E-state index is 11.1. The van der Waals surface area contributed by atoms with Gasteiger partial charge in [-0.05, 0) is 38.3 Å². The first-order chi connectivity index (χ1) is 7.76. The van der Waals surface area contributed by atoms with Gasteiger partial charge in [-0.3, -0.25) is 4.79 Å². The number of hydrogen-bond donors (Lipinski definition) is 1. The molecule has 1 aliphatic heterocycles. The average Bonchev–Trinajstić information content (AvgIpc) is 2.34. The summed E-state index contributed by atoms with van der Waals surface area (Å²) in [5.41, 5.74) is 0. The Bertz CT molecular complexity index is 201. The van der Waals surface area contributed by atoms with E-state index in [2.05, 4.69) is 10.2 Å². The number of amides is 1. The molecule has 1 rings (SSSR count). The van der Waals surface area contributed by atoms with E-state index < -0.39 is 0 Å². The van der Waals surface area contributed by atoms with Gasteiger partial charge in [0.25, 0.3) is 0 Å². The van der Waals surface area contributed by atoms with Crippen LogP contribution in [0.4, 0.5) is 0 Å². The minimum Gasteiger partial charge on any atom is -0.383 e. The van der Waals surface area contributed by atoms with Gasteiger partial charge in [-0.2, -0.15) is 0 Å². The highest BCUT2D eigenvalue weighted by molar-refractivity contribution is 5.75. The number of carbonyl (C=O) groups is 1. The van der Waals surface area contributed by atoms with Crippen molar-refractivity contribution in [2.75, 3.05) is 40.4 Å². The molecule has 16 heavy (non-hydrogen) atoms. The Kier molecular flexibility index (Phi) is 6.42. The Balaban J connectivity index is 2.09. The van der Waals surface area contributed by atoms with Crippen LogP contribution in [-0.2, 0) is 9.53 Å². The van der Waals surface area contributed by atoms with Gasteiger partial charge in [-0.15, -0.1) is 0 Å². The number of nitrogens with one attached hydrogen (secondary N) is 1. The van der Waals surface area contributed by atoms with Gasteiger partial charge in [-0.25, -0.2) is 0 Å². The fraction of sp³-hybridized carbons (Fsp3) is 0.917. The van der Waals surface area contributed by atoms with Crippen molar-refractivity contribution in [3.05, 3.63) is 0 Å². The summed E-state index contributed by atoms with van der Waals surface area (Å²) in [7, 11) is 3.45. The van der Waals surface area contributed by atoms with E-state index in [0.717, 1.165) is 38.6 Å². The maximum absolute atomic E-state index is 11.1. The molecule has 0 atom stereocenters. The predicted octanol–water partition coefficient (Wildman–Crippen LogP) is 0.871. The van der Waals surface area contributed by atoms with Crippen molar-refractivity contribution in [2.24, 2.45) is 5.92 Å². The third kappa shape index (κ3) is 4.94. The Hall–Kier alpha value is -0.610. The molecule has 0 unspecified atom stereocenters. The molecule has 1 N–H and O–H groups in total. The van der Waals surface area contributed by atoms with Crippen LogP contribution in [0.15, 0.2) is 0 Å². The summed E-state index contributed by atoms with van der Waals surface area (Å²) in [6.07, 6.45) is 4.17. The molecule has 1 aliphatic rings. The summed E-state index contributed by atoms with van der Waals surface area (Å²) >= 11 is 0. The van der Waals surface area contributed by atoms with Crippen molar-refractivity contribution in [1.82, 2.24) is 10.2 Å². The van der Waals surface area contributed by atoms with Gasteiger partial charge in [0.15, 0.2) is 0 Å². The second kappa shape index (κ2) is 7.63. The van der Waals surface area contributed by atoms with E-state index in [4.69, 9.17) is 4.74 Å². The lowest BCUT2D eigenvalue weighted by molar-refractivity contribution is -0.120.